The molecule has 1 saturated heterocycles. The smallest absolute Gasteiger partial charge is 0.275 e. The Bertz CT molecular complexity index is 1000. The molecule has 8 nitrogen and oxygen atoms in total. The summed E-state index contributed by atoms with van der Waals surface area (Å²) in [6, 6.07) is 0. The van der Waals surface area contributed by atoms with Crippen molar-refractivity contribution in [3.05, 3.63) is 47.0 Å². The van der Waals surface area contributed by atoms with E-state index in [9.17, 15) is 22.0 Å². The fourth-order valence-electron chi connectivity index (χ4n) is 2.62. The number of amides is 1. The van der Waals surface area contributed by atoms with Gasteiger partial charge >= 0.3 is 0 Å². The van der Waals surface area contributed by atoms with Gasteiger partial charge in [0.2, 0.25) is 15.9 Å². The summed E-state index contributed by atoms with van der Waals surface area (Å²) in [6.45, 7) is 7.32. The van der Waals surface area contributed by atoms with Crippen LogP contribution in [0.5, 0.6) is 0 Å². The van der Waals surface area contributed by atoms with Crippen molar-refractivity contribution in [1.29, 1.82) is 0 Å². The third-order valence-electron chi connectivity index (χ3n) is 4.71. The number of aromatic nitrogens is 2. The summed E-state index contributed by atoms with van der Waals surface area (Å²) in [5, 5.41) is 9.37. The van der Waals surface area contributed by atoms with Crippen molar-refractivity contribution in [1.82, 2.24) is 19.8 Å². The lowest BCUT2D eigenvalue weighted by Gasteiger charge is -2.37. The minimum Gasteiger partial charge on any atom is -0.355 e. The van der Waals surface area contributed by atoms with Crippen LogP contribution in [0.1, 0.15) is 25.8 Å². The van der Waals surface area contributed by atoms with Crippen molar-refractivity contribution < 1.29 is 22.0 Å². The highest BCUT2D eigenvalue weighted by molar-refractivity contribution is 7.93. The van der Waals surface area contributed by atoms with Crippen molar-refractivity contribution in [3.8, 4) is 0 Å². The Kier molecular flexibility index (Phi) is 8.02. The third kappa shape index (κ3) is 6.66. The van der Waals surface area contributed by atoms with E-state index in [0.29, 0.717) is 24.4 Å². The molecule has 2 heterocycles. The van der Waals surface area contributed by atoms with Crippen molar-refractivity contribution in [2.75, 3.05) is 19.6 Å². The maximum atomic E-state index is 13.0. The van der Waals surface area contributed by atoms with Gasteiger partial charge in [-0.15, -0.1) is 0 Å². The Labute approximate surface area is 180 Å². The highest BCUT2D eigenvalue weighted by Gasteiger charge is 2.49. The predicted octanol–water partition coefficient (Wildman–Crippen LogP) is 2.86. The van der Waals surface area contributed by atoms with Gasteiger partial charge in [0.25, 0.3) is 5.92 Å². The molecule has 1 aromatic heterocycles. The molecule has 0 bridgehead atoms. The second-order valence-electron chi connectivity index (χ2n) is 7.36. The lowest BCUT2D eigenvalue weighted by Crippen LogP contribution is -2.58. The Morgan fingerprint density at radius 2 is 2.13 bits per heavy atom. The molecule has 11 heteroatoms. The Morgan fingerprint density at radius 1 is 1.45 bits per heavy atom. The number of aromatic amines is 1. The van der Waals surface area contributed by atoms with Crippen molar-refractivity contribution >= 4 is 28.0 Å². The first kappa shape index (κ1) is 24.6. The fourth-order valence-corrected chi connectivity index (χ4v) is 3.99. The van der Waals surface area contributed by atoms with Gasteiger partial charge in [-0.1, -0.05) is 18.7 Å². The zero-order valence-electron chi connectivity index (χ0n) is 17.7. The van der Waals surface area contributed by atoms with E-state index in [2.05, 4.69) is 27.1 Å². The number of alkyl halides is 2. The molecule has 1 amide bonds. The summed E-state index contributed by atoms with van der Waals surface area (Å²) < 4.78 is 51.1. The quantitative estimate of drug-likeness (QED) is 0.418. The molecular weight excluding hydrogens is 428 g/mol. The largest absolute Gasteiger partial charge is 0.355 e. The number of allylic oxidation sites excluding steroid dienone is 4. The zero-order valence-corrected chi connectivity index (χ0v) is 18.5. The normalized spacial score (nSPS) is 18.6. The van der Waals surface area contributed by atoms with Gasteiger partial charge in [0.1, 0.15) is 5.82 Å². The molecule has 0 aromatic carbocycles. The standard InChI is InChI=1S/C20H27F2N5O3S/c1-5-17(7-6-16(4)31(29,30)27-12-20(21,22)13-27)8-9-23-19(28)15(3)10-24-18-14(2)11-25-26-18/h5-7,10-11,15H,1,8-9,12-13H2,2-4H3,(H,23,28)(H,25,26). The van der Waals surface area contributed by atoms with Crippen LogP contribution in [0.2, 0.25) is 0 Å². The van der Waals surface area contributed by atoms with Crippen molar-refractivity contribution in [2.24, 2.45) is 10.9 Å². The fraction of sp³-hybridized carbons (Fsp3) is 0.450. The van der Waals surface area contributed by atoms with Crippen molar-refractivity contribution in [3.63, 3.8) is 0 Å². The van der Waals surface area contributed by atoms with Gasteiger partial charge in [-0.05, 0) is 38.8 Å². The molecule has 2 N–H and O–H groups in total. The second kappa shape index (κ2) is 10.1. The van der Waals surface area contributed by atoms with Gasteiger partial charge in [0.05, 0.1) is 30.1 Å². The van der Waals surface area contributed by atoms with Crippen molar-refractivity contribution in [2.45, 2.75) is 33.1 Å². The minimum atomic E-state index is -3.91. The van der Waals surface area contributed by atoms with E-state index in [0.717, 1.165) is 9.87 Å². The van der Waals surface area contributed by atoms with Gasteiger partial charge in [-0.2, -0.15) is 9.40 Å². The Hall–Kier alpha value is -2.66. The average molecular weight is 456 g/mol. The number of carbonyl (C=O) groups is 1. The third-order valence-corrected chi connectivity index (χ3v) is 6.60. The maximum Gasteiger partial charge on any atom is 0.275 e. The summed E-state index contributed by atoms with van der Waals surface area (Å²) in [4.78, 5) is 16.4. The lowest BCUT2D eigenvalue weighted by molar-refractivity contribution is -0.122. The van der Waals surface area contributed by atoms with Crippen LogP contribution < -0.4 is 5.32 Å². The molecule has 1 unspecified atom stereocenters. The topological polar surface area (TPSA) is 108 Å². The number of aliphatic imine (C=N–C) groups is 1. The number of rotatable bonds is 10. The molecule has 1 aliphatic rings. The summed E-state index contributed by atoms with van der Waals surface area (Å²) in [5.74, 6) is -3.04. The Balaban J connectivity index is 1.86. The van der Waals surface area contributed by atoms with Gasteiger partial charge in [0.15, 0.2) is 0 Å². The van der Waals surface area contributed by atoms with Gasteiger partial charge in [-0.25, -0.2) is 22.2 Å². The van der Waals surface area contributed by atoms with Gasteiger partial charge in [0, 0.05) is 18.3 Å². The number of nitrogens with zero attached hydrogens (tertiary/aromatic N) is 3. The van der Waals surface area contributed by atoms with E-state index in [-0.39, 0.29) is 10.8 Å². The molecule has 1 aliphatic heterocycles. The maximum absolute atomic E-state index is 13.0. The number of carbonyl (C=O) groups excluding carboxylic acids is 1. The first-order chi connectivity index (χ1) is 14.5. The highest BCUT2D eigenvalue weighted by Crippen LogP contribution is 2.31. The van der Waals surface area contributed by atoms with Crippen LogP contribution in [0.25, 0.3) is 0 Å². The number of hydrogen-bond donors (Lipinski definition) is 2. The first-order valence-corrected chi connectivity index (χ1v) is 11.1. The van der Waals surface area contributed by atoms with Crippen LogP contribution in [0.3, 0.4) is 0 Å². The number of halogens is 2. The molecule has 31 heavy (non-hydrogen) atoms. The summed E-state index contributed by atoms with van der Waals surface area (Å²) >= 11 is 0. The molecule has 0 spiro atoms. The second-order valence-corrected chi connectivity index (χ2v) is 9.47. The molecule has 1 atom stereocenters. The molecule has 0 aliphatic carbocycles. The van der Waals surface area contributed by atoms with Crippen LogP contribution >= 0.6 is 0 Å². The molecule has 1 aromatic rings. The van der Waals surface area contributed by atoms with Gasteiger partial charge < -0.3 is 5.32 Å². The van der Waals surface area contributed by atoms with Crippen LogP contribution in [0.4, 0.5) is 14.6 Å². The SMILES string of the molecule is C=CC(=CC=C(C)S(=O)(=O)N1CC(F)(F)C1)CCNC(=O)C(C)C=Nc1[nH]ncc1C. The molecule has 0 radical (unpaired) electrons. The molecule has 170 valence electrons. The van der Waals surface area contributed by atoms with Crippen LogP contribution in [0, 0.1) is 12.8 Å². The van der Waals surface area contributed by atoms with Crippen LogP contribution in [-0.2, 0) is 14.8 Å². The van der Waals surface area contributed by atoms with Crippen LogP contribution in [-0.4, -0.2) is 60.6 Å². The number of nitrogens with one attached hydrogen (secondary N) is 2. The van der Waals surface area contributed by atoms with Crippen LogP contribution in [0.15, 0.2) is 46.5 Å². The van der Waals surface area contributed by atoms with E-state index in [1.165, 1.54) is 19.2 Å². The summed E-state index contributed by atoms with van der Waals surface area (Å²) in [7, 11) is -3.91. The van der Waals surface area contributed by atoms with E-state index < -0.39 is 35.0 Å². The van der Waals surface area contributed by atoms with E-state index in [4.69, 9.17) is 0 Å². The molecule has 1 fully saturated rings. The van der Waals surface area contributed by atoms with E-state index in [1.54, 1.807) is 25.3 Å². The number of sulfonamides is 1. The zero-order chi connectivity index (χ0) is 23.2. The number of aryl methyl sites for hydroxylation is 1. The first-order valence-electron chi connectivity index (χ1n) is 9.66. The van der Waals surface area contributed by atoms with E-state index in [1.807, 2.05) is 6.92 Å². The monoisotopic (exact) mass is 455 g/mol. The molecular formula is C20H27F2N5O3S. The summed E-state index contributed by atoms with van der Waals surface area (Å²) in [5.41, 5.74) is 1.57. The Morgan fingerprint density at radius 3 is 2.68 bits per heavy atom. The van der Waals surface area contributed by atoms with Gasteiger partial charge in [-0.3, -0.25) is 9.89 Å². The lowest BCUT2D eigenvalue weighted by atomic mass is 10.1. The summed E-state index contributed by atoms with van der Waals surface area (Å²) in [6.07, 6.45) is 8.04. The highest BCUT2D eigenvalue weighted by atomic mass is 32.2. The average Bonchev–Trinajstić information content (AvgIpc) is 3.10. The van der Waals surface area contributed by atoms with E-state index >= 15 is 0 Å². The molecule has 2 rings (SSSR count). The molecule has 0 saturated carbocycles. The number of H-pyrrole nitrogens is 1. The number of hydrogen-bond acceptors (Lipinski definition) is 5. The predicted molar refractivity (Wildman–Crippen MR) is 116 cm³/mol. The minimum absolute atomic E-state index is 0.0367.